The van der Waals surface area contributed by atoms with Crippen LogP contribution in [0.4, 0.5) is 4.39 Å². The Morgan fingerprint density at radius 2 is 2.10 bits per heavy atom. The first-order valence-electron chi connectivity index (χ1n) is 6.27. The van der Waals surface area contributed by atoms with Gasteiger partial charge in [-0.15, -0.1) is 0 Å². The summed E-state index contributed by atoms with van der Waals surface area (Å²) in [5, 5.41) is 12.8. The van der Waals surface area contributed by atoms with E-state index >= 15 is 0 Å². The summed E-state index contributed by atoms with van der Waals surface area (Å²) in [4.78, 5) is 0. The van der Waals surface area contributed by atoms with Gasteiger partial charge < -0.3 is 5.32 Å². The Bertz CT molecular complexity index is 649. The van der Waals surface area contributed by atoms with Gasteiger partial charge in [0.2, 0.25) is 0 Å². The Labute approximate surface area is 122 Å². The number of nitrogens with one attached hydrogen (secondary N) is 1. The van der Waals surface area contributed by atoms with E-state index < -0.39 is 5.82 Å². The van der Waals surface area contributed by atoms with Crippen LogP contribution in [0.3, 0.4) is 0 Å². The number of nitriles is 1. The first-order chi connectivity index (χ1) is 9.58. The van der Waals surface area contributed by atoms with Crippen LogP contribution in [0.5, 0.6) is 0 Å². The van der Waals surface area contributed by atoms with Crippen molar-refractivity contribution in [2.75, 3.05) is 0 Å². The van der Waals surface area contributed by atoms with Crippen LogP contribution in [0.15, 0.2) is 42.5 Å². The highest BCUT2D eigenvalue weighted by atomic mass is 35.5. The molecular formula is C16H14ClFN2. The molecule has 0 aliphatic rings. The molecule has 1 N–H and O–H groups in total. The predicted molar refractivity (Wildman–Crippen MR) is 77.8 cm³/mol. The summed E-state index contributed by atoms with van der Waals surface area (Å²) in [7, 11) is 0. The summed E-state index contributed by atoms with van der Waals surface area (Å²) in [5.41, 5.74) is 2.14. The first-order valence-corrected chi connectivity index (χ1v) is 6.64. The summed E-state index contributed by atoms with van der Waals surface area (Å²) in [5.74, 6) is -0.392. The van der Waals surface area contributed by atoms with Crippen molar-refractivity contribution in [2.24, 2.45) is 0 Å². The van der Waals surface area contributed by atoms with Gasteiger partial charge in [-0.05, 0) is 48.4 Å². The van der Waals surface area contributed by atoms with Crippen molar-refractivity contribution < 1.29 is 4.39 Å². The van der Waals surface area contributed by atoms with E-state index in [2.05, 4.69) is 5.32 Å². The lowest BCUT2D eigenvalue weighted by molar-refractivity contribution is 0.569. The molecule has 0 amide bonds. The van der Waals surface area contributed by atoms with Gasteiger partial charge in [-0.3, -0.25) is 0 Å². The third-order valence-electron chi connectivity index (χ3n) is 3.05. The van der Waals surface area contributed by atoms with Crippen LogP contribution in [0.25, 0.3) is 0 Å². The zero-order chi connectivity index (χ0) is 14.5. The molecule has 2 nitrogen and oxygen atoms in total. The molecule has 2 rings (SSSR count). The van der Waals surface area contributed by atoms with Crippen molar-refractivity contribution in [2.45, 2.75) is 19.5 Å². The number of rotatable bonds is 4. The third kappa shape index (κ3) is 3.80. The molecule has 1 atom stereocenters. The Hall–Kier alpha value is -1.89. The van der Waals surface area contributed by atoms with E-state index in [0.29, 0.717) is 17.1 Å². The van der Waals surface area contributed by atoms with Gasteiger partial charge in [0.1, 0.15) is 5.82 Å². The average molecular weight is 289 g/mol. The SMILES string of the molecule is C[C@@H](NCc1cc(F)cc(C#N)c1)c1cccc(Cl)c1. The summed E-state index contributed by atoms with van der Waals surface area (Å²) in [6.45, 7) is 2.50. The molecule has 0 saturated heterocycles. The summed E-state index contributed by atoms with van der Waals surface area (Å²) in [6, 6.07) is 14.0. The molecule has 0 bridgehead atoms. The zero-order valence-electron chi connectivity index (χ0n) is 11.0. The maximum absolute atomic E-state index is 13.3. The second kappa shape index (κ2) is 6.51. The Kier molecular flexibility index (Phi) is 4.73. The van der Waals surface area contributed by atoms with E-state index in [9.17, 15) is 4.39 Å². The van der Waals surface area contributed by atoms with Crippen molar-refractivity contribution in [1.29, 1.82) is 5.26 Å². The summed E-state index contributed by atoms with van der Waals surface area (Å²) < 4.78 is 13.3. The molecule has 0 heterocycles. The molecule has 2 aromatic carbocycles. The molecule has 2 aromatic rings. The molecule has 0 aliphatic heterocycles. The minimum atomic E-state index is -0.392. The second-order valence-corrected chi connectivity index (χ2v) is 5.05. The zero-order valence-corrected chi connectivity index (χ0v) is 11.8. The van der Waals surface area contributed by atoms with Crippen LogP contribution in [-0.4, -0.2) is 0 Å². The topological polar surface area (TPSA) is 35.8 Å². The summed E-state index contributed by atoms with van der Waals surface area (Å²) >= 11 is 5.95. The van der Waals surface area contributed by atoms with Crippen LogP contribution in [0.1, 0.15) is 29.7 Å². The van der Waals surface area contributed by atoms with Gasteiger partial charge in [0, 0.05) is 17.6 Å². The molecular weight excluding hydrogens is 275 g/mol. The molecule has 20 heavy (non-hydrogen) atoms. The van der Waals surface area contributed by atoms with E-state index in [1.165, 1.54) is 12.1 Å². The van der Waals surface area contributed by atoms with Gasteiger partial charge in [0.05, 0.1) is 11.6 Å². The van der Waals surface area contributed by atoms with Crippen LogP contribution < -0.4 is 5.32 Å². The number of benzene rings is 2. The normalized spacial score (nSPS) is 11.9. The Balaban J connectivity index is 2.05. The van der Waals surface area contributed by atoms with E-state index in [1.54, 1.807) is 6.07 Å². The van der Waals surface area contributed by atoms with Crippen LogP contribution in [0, 0.1) is 17.1 Å². The molecule has 102 valence electrons. The smallest absolute Gasteiger partial charge is 0.124 e. The standard InChI is InChI=1S/C16H14ClFN2/c1-11(14-3-2-4-15(17)8-14)20-10-13-5-12(9-19)6-16(18)7-13/h2-8,11,20H,10H2,1H3/t11-/m1/s1. The molecule has 0 spiro atoms. The molecule has 0 aromatic heterocycles. The number of nitrogens with zero attached hydrogens (tertiary/aromatic N) is 1. The van der Waals surface area contributed by atoms with Gasteiger partial charge in [-0.1, -0.05) is 23.7 Å². The number of halogens is 2. The van der Waals surface area contributed by atoms with E-state index in [-0.39, 0.29) is 6.04 Å². The maximum atomic E-state index is 13.3. The minimum absolute atomic E-state index is 0.0857. The fourth-order valence-corrected chi connectivity index (χ4v) is 2.18. The number of hydrogen-bond donors (Lipinski definition) is 1. The predicted octanol–water partition coefficient (Wildman–Crippen LogP) is 4.20. The fourth-order valence-electron chi connectivity index (χ4n) is 1.98. The van der Waals surface area contributed by atoms with Gasteiger partial charge in [0.25, 0.3) is 0 Å². The molecule has 0 radical (unpaired) electrons. The average Bonchev–Trinajstić information content (AvgIpc) is 2.44. The van der Waals surface area contributed by atoms with Crippen molar-refractivity contribution >= 4 is 11.6 Å². The lowest BCUT2D eigenvalue weighted by Gasteiger charge is -2.14. The van der Waals surface area contributed by atoms with Gasteiger partial charge in [0.15, 0.2) is 0 Å². The van der Waals surface area contributed by atoms with Crippen LogP contribution in [-0.2, 0) is 6.54 Å². The molecule has 0 aliphatic carbocycles. The highest BCUT2D eigenvalue weighted by Gasteiger charge is 2.06. The van der Waals surface area contributed by atoms with Crippen molar-refractivity contribution in [3.8, 4) is 6.07 Å². The van der Waals surface area contributed by atoms with Crippen molar-refractivity contribution in [3.63, 3.8) is 0 Å². The Morgan fingerprint density at radius 3 is 2.80 bits per heavy atom. The molecule has 0 unspecified atom stereocenters. The van der Waals surface area contributed by atoms with Crippen molar-refractivity contribution in [1.82, 2.24) is 5.32 Å². The monoisotopic (exact) mass is 288 g/mol. The number of hydrogen-bond acceptors (Lipinski definition) is 2. The van der Waals surface area contributed by atoms with E-state index in [1.807, 2.05) is 37.3 Å². The lowest BCUT2D eigenvalue weighted by atomic mass is 10.1. The molecule has 0 saturated carbocycles. The lowest BCUT2D eigenvalue weighted by Crippen LogP contribution is -2.18. The first kappa shape index (κ1) is 14.5. The van der Waals surface area contributed by atoms with Gasteiger partial charge >= 0.3 is 0 Å². The quantitative estimate of drug-likeness (QED) is 0.915. The van der Waals surface area contributed by atoms with Crippen LogP contribution in [0.2, 0.25) is 5.02 Å². The van der Waals surface area contributed by atoms with Gasteiger partial charge in [-0.2, -0.15) is 5.26 Å². The maximum Gasteiger partial charge on any atom is 0.124 e. The molecule has 0 fully saturated rings. The second-order valence-electron chi connectivity index (χ2n) is 4.62. The highest BCUT2D eigenvalue weighted by molar-refractivity contribution is 6.30. The van der Waals surface area contributed by atoms with Gasteiger partial charge in [-0.25, -0.2) is 4.39 Å². The summed E-state index contributed by atoms with van der Waals surface area (Å²) in [6.07, 6.45) is 0. The van der Waals surface area contributed by atoms with E-state index in [0.717, 1.165) is 11.1 Å². The third-order valence-corrected chi connectivity index (χ3v) is 3.28. The Morgan fingerprint density at radius 1 is 1.30 bits per heavy atom. The minimum Gasteiger partial charge on any atom is -0.306 e. The largest absolute Gasteiger partial charge is 0.306 e. The van der Waals surface area contributed by atoms with E-state index in [4.69, 9.17) is 16.9 Å². The highest BCUT2D eigenvalue weighted by Crippen LogP contribution is 2.18. The fraction of sp³-hybridized carbons (Fsp3) is 0.188. The molecule has 4 heteroatoms. The van der Waals surface area contributed by atoms with Crippen molar-refractivity contribution in [3.05, 3.63) is 70.0 Å². The van der Waals surface area contributed by atoms with Crippen LogP contribution >= 0.6 is 11.6 Å².